The number of carbonyl (C=O) groups is 1. The second-order valence-electron chi connectivity index (χ2n) is 8.35. The number of benzene rings is 1. The number of likely N-dealkylation sites (tertiary alicyclic amines) is 1. The van der Waals surface area contributed by atoms with Crippen molar-refractivity contribution < 1.29 is 9.53 Å². The number of aromatic nitrogens is 3. The fraction of sp³-hybridized carbons (Fsp3) is 0.360. The van der Waals surface area contributed by atoms with Crippen molar-refractivity contribution in [2.24, 2.45) is 0 Å². The van der Waals surface area contributed by atoms with Crippen LogP contribution in [0.5, 0.6) is 0 Å². The number of hydrogen-bond acceptors (Lipinski definition) is 6. The summed E-state index contributed by atoms with van der Waals surface area (Å²) in [6.07, 6.45) is 7.03. The fourth-order valence-corrected chi connectivity index (χ4v) is 4.35. The van der Waals surface area contributed by atoms with Crippen LogP contribution in [0.1, 0.15) is 37.4 Å². The molecule has 2 aliphatic rings. The molecule has 7 nitrogen and oxygen atoms in total. The van der Waals surface area contributed by atoms with E-state index in [1.807, 2.05) is 59.6 Å². The molecule has 1 aromatic carbocycles. The molecule has 2 fully saturated rings. The predicted molar refractivity (Wildman–Crippen MR) is 123 cm³/mol. The lowest BCUT2D eigenvalue weighted by atomic mass is 10.1. The monoisotopic (exact) mass is 429 g/mol. The third kappa shape index (κ3) is 4.62. The Kier molecular flexibility index (Phi) is 6.07. The average molecular weight is 430 g/mol. The Morgan fingerprint density at radius 2 is 1.97 bits per heavy atom. The lowest BCUT2D eigenvalue weighted by Crippen LogP contribution is -2.40. The van der Waals surface area contributed by atoms with Gasteiger partial charge in [-0.25, -0.2) is 9.97 Å². The van der Waals surface area contributed by atoms with E-state index in [9.17, 15) is 4.79 Å². The van der Waals surface area contributed by atoms with Crippen molar-refractivity contribution in [3.63, 3.8) is 0 Å². The maximum atomic E-state index is 12.9. The molecular weight excluding hydrogens is 402 g/mol. The number of ether oxygens (including phenoxy) is 1. The SMILES string of the molecule is O=C([C@H]1CCCCO1)N1CC[C@@H](c2nc(Nc3ccccc3)cc(-c3cccnc3)n2)C1. The van der Waals surface area contributed by atoms with Gasteiger partial charge < -0.3 is 15.0 Å². The predicted octanol–water partition coefficient (Wildman–Crippen LogP) is 4.17. The average Bonchev–Trinajstić information content (AvgIpc) is 3.36. The van der Waals surface area contributed by atoms with Crippen LogP contribution in [-0.4, -0.2) is 51.6 Å². The summed E-state index contributed by atoms with van der Waals surface area (Å²) in [4.78, 5) is 28.8. The third-order valence-corrected chi connectivity index (χ3v) is 6.07. The van der Waals surface area contributed by atoms with Crippen LogP contribution in [0.15, 0.2) is 60.9 Å². The molecule has 5 rings (SSSR count). The summed E-state index contributed by atoms with van der Waals surface area (Å²) in [6, 6.07) is 15.8. The van der Waals surface area contributed by atoms with Gasteiger partial charge in [0.15, 0.2) is 0 Å². The number of nitrogens with one attached hydrogen (secondary N) is 1. The summed E-state index contributed by atoms with van der Waals surface area (Å²) in [7, 11) is 0. The Morgan fingerprint density at radius 1 is 1.06 bits per heavy atom. The molecule has 2 aliphatic heterocycles. The zero-order valence-corrected chi connectivity index (χ0v) is 18.0. The van der Waals surface area contributed by atoms with Gasteiger partial charge >= 0.3 is 0 Å². The number of anilines is 2. The molecule has 1 amide bonds. The minimum absolute atomic E-state index is 0.0930. The fourth-order valence-electron chi connectivity index (χ4n) is 4.35. The van der Waals surface area contributed by atoms with Crippen molar-refractivity contribution in [2.75, 3.05) is 25.0 Å². The maximum absolute atomic E-state index is 12.9. The van der Waals surface area contributed by atoms with Crippen molar-refractivity contribution >= 4 is 17.4 Å². The van der Waals surface area contributed by atoms with Gasteiger partial charge in [-0.3, -0.25) is 9.78 Å². The van der Waals surface area contributed by atoms with Gasteiger partial charge in [-0.1, -0.05) is 18.2 Å². The van der Waals surface area contributed by atoms with Crippen molar-refractivity contribution in [2.45, 2.75) is 37.7 Å². The molecule has 3 aromatic rings. The van der Waals surface area contributed by atoms with E-state index in [0.717, 1.165) is 54.3 Å². The van der Waals surface area contributed by atoms with E-state index in [4.69, 9.17) is 14.7 Å². The number of nitrogens with zero attached hydrogens (tertiary/aromatic N) is 4. The van der Waals surface area contributed by atoms with E-state index in [1.54, 1.807) is 6.20 Å². The Bertz CT molecular complexity index is 1050. The molecule has 2 saturated heterocycles. The molecular formula is C25H27N5O2. The largest absolute Gasteiger partial charge is 0.368 e. The molecule has 0 spiro atoms. The summed E-state index contributed by atoms with van der Waals surface area (Å²) in [5.74, 6) is 1.69. The summed E-state index contributed by atoms with van der Waals surface area (Å²) in [5, 5.41) is 3.39. The Morgan fingerprint density at radius 3 is 2.75 bits per heavy atom. The Balaban J connectivity index is 1.40. The van der Waals surface area contributed by atoms with Crippen LogP contribution in [0, 0.1) is 0 Å². The van der Waals surface area contributed by atoms with Crippen LogP contribution < -0.4 is 5.32 Å². The van der Waals surface area contributed by atoms with Gasteiger partial charge in [0, 0.05) is 55.3 Å². The Labute approximate surface area is 187 Å². The van der Waals surface area contributed by atoms with E-state index in [-0.39, 0.29) is 17.9 Å². The van der Waals surface area contributed by atoms with Gasteiger partial charge in [-0.2, -0.15) is 0 Å². The normalized spacial score (nSPS) is 20.8. The smallest absolute Gasteiger partial charge is 0.251 e. The van der Waals surface area contributed by atoms with Crippen LogP contribution >= 0.6 is 0 Å². The highest BCUT2D eigenvalue weighted by molar-refractivity contribution is 5.81. The quantitative estimate of drug-likeness (QED) is 0.656. The molecule has 4 heterocycles. The number of hydrogen-bond donors (Lipinski definition) is 1. The van der Waals surface area contributed by atoms with E-state index in [0.29, 0.717) is 19.7 Å². The molecule has 0 aliphatic carbocycles. The number of amides is 1. The van der Waals surface area contributed by atoms with Gasteiger partial charge in [0.1, 0.15) is 17.7 Å². The van der Waals surface area contributed by atoms with Crippen molar-refractivity contribution in [3.05, 3.63) is 66.7 Å². The van der Waals surface area contributed by atoms with Gasteiger partial charge in [-0.15, -0.1) is 0 Å². The molecule has 2 aromatic heterocycles. The second-order valence-corrected chi connectivity index (χ2v) is 8.35. The highest BCUT2D eigenvalue weighted by Crippen LogP contribution is 2.30. The van der Waals surface area contributed by atoms with Crippen molar-refractivity contribution in [1.29, 1.82) is 0 Å². The summed E-state index contributed by atoms with van der Waals surface area (Å²) < 4.78 is 5.72. The van der Waals surface area contributed by atoms with Crippen molar-refractivity contribution in [1.82, 2.24) is 19.9 Å². The standard InChI is InChI=1S/C25H27N5O2/c31-25(22-10-4-5-14-32-22)30-13-11-19(17-30)24-28-21(18-7-6-12-26-16-18)15-23(29-24)27-20-8-2-1-3-9-20/h1-3,6-9,12,15-16,19,22H,4-5,10-11,13-14,17H2,(H,27,28,29)/t19-,22-/m1/s1. The van der Waals surface area contributed by atoms with Crippen LogP contribution in [-0.2, 0) is 9.53 Å². The first-order valence-electron chi connectivity index (χ1n) is 11.3. The van der Waals surface area contributed by atoms with E-state index in [2.05, 4.69) is 10.3 Å². The summed E-state index contributed by atoms with van der Waals surface area (Å²) in [5.41, 5.74) is 2.72. The first kappa shape index (κ1) is 20.6. The molecule has 0 saturated carbocycles. The molecule has 0 bridgehead atoms. The van der Waals surface area contributed by atoms with Gasteiger partial charge in [0.2, 0.25) is 0 Å². The molecule has 0 radical (unpaired) electrons. The maximum Gasteiger partial charge on any atom is 0.251 e. The van der Waals surface area contributed by atoms with Crippen molar-refractivity contribution in [3.8, 4) is 11.3 Å². The molecule has 1 N–H and O–H groups in total. The molecule has 7 heteroatoms. The van der Waals surface area contributed by atoms with E-state index >= 15 is 0 Å². The summed E-state index contributed by atoms with van der Waals surface area (Å²) in [6.45, 7) is 2.02. The van der Waals surface area contributed by atoms with E-state index < -0.39 is 0 Å². The third-order valence-electron chi connectivity index (χ3n) is 6.07. The number of rotatable bonds is 5. The molecule has 2 atom stereocenters. The number of pyridine rings is 1. The zero-order valence-electron chi connectivity index (χ0n) is 18.0. The van der Waals surface area contributed by atoms with Crippen LogP contribution in [0.25, 0.3) is 11.3 Å². The van der Waals surface area contributed by atoms with Crippen LogP contribution in [0.3, 0.4) is 0 Å². The minimum atomic E-state index is -0.291. The Hall–Kier alpha value is -3.32. The van der Waals surface area contributed by atoms with Crippen LogP contribution in [0.2, 0.25) is 0 Å². The minimum Gasteiger partial charge on any atom is -0.368 e. The van der Waals surface area contributed by atoms with E-state index in [1.165, 1.54) is 0 Å². The highest BCUT2D eigenvalue weighted by atomic mass is 16.5. The topological polar surface area (TPSA) is 80.2 Å². The summed E-state index contributed by atoms with van der Waals surface area (Å²) >= 11 is 0. The zero-order chi connectivity index (χ0) is 21.8. The van der Waals surface area contributed by atoms with Gasteiger partial charge in [0.25, 0.3) is 5.91 Å². The molecule has 32 heavy (non-hydrogen) atoms. The lowest BCUT2D eigenvalue weighted by Gasteiger charge is -2.26. The van der Waals surface area contributed by atoms with Gasteiger partial charge in [-0.05, 0) is 49.9 Å². The number of carbonyl (C=O) groups excluding carboxylic acids is 1. The van der Waals surface area contributed by atoms with Crippen LogP contribution in [0.4, 0.5) is 11.5 Å². The first-order chi connectivity index (χ1) is 15.8. The number of para-hydroxylation sites is 1. The highest BCUT2D eigenvalue weighted by Gasteiger charge is 2.34. The molecule has 0 unspecified atom stereocenters. The van der Waals surface area contributed by atoms with Gasteiger partial charge in [0.05, 0.1) is 5.69 Å². The first-order valence-corrected chi connectivity index (χ1v) is 11.3. The molecule has 164 valence electrons. The second kappa shape index (κ2) is 9.44. The lowest BCUT2D eigenvalue weighted by molar-refractivity contribution is -0.145.